The van der Waals surface area contributed by atoms with Gasteiger partial charge in [0.2, 0.25) is 0 Å². The molecule has 0 bridgehead atoms. The Morgan fingerprint density at radius 1 is 0.947 bits per heavy atom. The molecule has 0 unspecified atom stereocenters. The summed E-state index contributed by atoms with van der Waals surface area (Å²) in [6, 6.07) is 16.5. The summed E-state index contributed by atoms with van der Waals surface area (Å²) >= 11 is 0. The van der Waals surface area contributed by atoms with Crippen molar-refractivity contribution in [2.24, 2.45) is 0 Å². The van der Waals surface area contributed by atoms with Crippen LogP contribution in [0.5, 0.6) is 0 Å². The number of alkyl halides is 1. The van der Waals surface area contributed by atoms with Crippen molar-refractivity contribution in [3.63, 3.8) is 0 Å². The molecule has 98 valence electrons. The predicted octanol–water partition coefficient (Wildman–Crippen LogP) is 5.42. The van der Waals surface area contributed by atoms with Crippen LogP contribution < -0.4 is 0 Å². The number of halogens is 1. The number of hydrogen-bond donors (Lipinski definition) is 0. The summed E-state index contributed by atoms with van der Waals surface area (Å²) in [6.45, 7) is 5.20. The van der Waals surface area contributed by atoms with Gasteiger partial charge in [-0.2, -0.15) is 0 Å². The molecule has 0 aliphatic heterocycles. The number of rotatable bonds is 3. The fourth-order valence-electron chi connectivity index (χ4n) is 1.96. The Morgan fingerprint density at radius 3 is 2.16 bits per heavy atom. The normalized spacial score (nSPS) is 12.0. The highest BCUT2D eigenvalue weighted by Crippen LogP contribution is 2.24. The van der Waals surface area contributed by atoms with Crippen molar-refractivity contribution in [2.45, 2.75) is 26.4 Å². The van der Waals surface area contributed by atoms with Crippen LogP contribution in [0.25, 0.3) is 17.2 Å². The molecule has 0 spiro atoms. The monoisotopic (exact) mass is 254 g/mol. The minimum absolute atomic E-state index is 1.02. The summed E-state index contributed by atoms with van der Waals surface area (Å²) in [5, 5.41) is 0. The molecule has 0 amide bonds. The van der Waals surface area contributed by atoms with Crippen LogP contribution in [0, 0.1) is 6.92 Å². The van der Waals surface area contributed by atoms with E-state index < -0.39 is 5.67 Å². The molecular weight excluding hydrogens is 235 g/mol. The molecule has 0 nitrogen and oxygen atoms in total. The first-order valence-electron chi connectivity index (χ1n) is 6.50. The van der Waals surface area contributed by atoms with Crippen LogP contribution in [0.3, 0.4) is 0 Å². The Morgan fingerprint density at radius 2 is 1.58 bits per heavy atom. The lowest BCUT2D eigenvalue weighted by atomic mass is 9.99. The predicted molar refractivity (Wildman–Crippen MR) is 80.8 cm³/mol. The van der Waals surface area contributed by atoms with Crippen molar-refractivity contribution < 1.29 is 4.39 Å². The molecule has 2 aromatic rings. The Hall–Kier alpha value is -1.89. The van der Waals surface area contributed by atoms with E-state index in [0.29, 0.717) is 0 Å². The van der Waals surface area contributed by atoms with Crippen LogP contribution in [0.15, 0.2) is 54.6 Å². The topological polar surface area (TPSA) is 0 Å². The molecule has 19 heavy (non-hydrogen) atoms. The maximum atomic E-state index is 13.4. The second-order valence-corrected chi connectivity index (χ2v) is 5.33. The van der Waals surface area contributed by atoms with E-state index in [2.05, 4.69) is 31.2 Å². The van der Waals surface area contributed by atoms with Gasteiger partial charge in [-0.05, 0) is 49.1 Å². The van der Waals surface area contributed by atoms with Crippen LogP contribution >= 0.6 is 0 Å². The zero-order chi connectivity index (χ0) is 13.9. The van der Waals surface area contributed by atoms with Gasteiger partial charge in [0.05, 0.1) is 0 Å². The molecule has 0 aliphatic carbocycles. The summed E-state index contributed by atoms with van der Waals surface area (Å²) in [4.78, 5) is 0. The largest absolute Gasteiger partial charge is 0.240 e. The Kier molecular flexibility index (Phi) is 3.84. The number of benzene rings is 2. The highest BCUT2D eigenvalue weighted by molar-refractivity contribution is 5.68. The van der Waals surface area contributed by atoms with E-state index in [0.717, 1.165) is 5.56 Å². The molecule has 0 fully saturated rings. The number of allylic oxidation sites excluding steroid dienone is 1. The van der Waals surface area contributed by atoms with E-state index in [-0.39, 0.29) is 0 Å². The number of hydrogen-bond acceptors (Lipinski definition) is 0. The van der Waals surface area contributed by atoms with Crippen molar-refractivity contribution in [2.75, 3.05) is 0 Å². The highest BCUT2D eigenvalue weighted by Gasteiger charge is 2.09. The lowest BCUT2D eigenvalue weighted by Gasteiger charge is -2.08. The van der Waals surface area contributed by atoms with Crippen molar-refractivity contribution in [1.82, 2.24) is 0 Å². The average molecular weight is 254 g/mol. The van der Waals surface area contributed by atoms with Crippen molar-refractivity contribution in [3.05, 3.63) is 65.7 Å². The van der Waals surface area contributed by atoms with Crippen molar-refractivity contribution in [1.29, 1.82) is 0 Å². The molecule has 2 rings (SSSR count). The third-order valence-electron chi connectivity index (χ3n) is 3.04. The molecule has 0 saturated carbocycles. The molecular formula is C18H19F. The Labute approximate surface area is 114 Å². The van der Waals surface area contributed by atoms with Gasteiger partial charge in [0, 0.05) is 0 Å². The van der Waals surface area contributed by atoms with Gasteiger partial charge in [-0.25, -0.2) is 4.39 Å². The minimum atomic E-state index is -1.27. The zero-order valence-corrected chi connectivity index (χ0v) is 11.7. The van der Waals surface area contributed by atoms with Gasteiger partial charge in [-0.15, -0.1) is 0 Å². The van der Waals surface area contributed by atoms with Crippen LogP contribution in [0.2, 0.25) is 0 Å². The third-order valence-corrected chi connectivity index (χ3v) is 3.04. The third kappa shape index (κ3) is 3.78. The summed E-state index contributed by atoms with van der Waals surface area (Å²) in [5.41, 5.74) is 3.44. The molecule has 0 radical (unpaired) electrons. The van der Waals surface area contributed by atoms with Gasteiger partial charge in [-0.1, -0.05) is 54.6 Å². The first-order valence-corrected chi connectivity index (χ1v) is 6.50. The summed E-state index contributed by atoms with van der Waals surface area (Å²) in [7, 11) is 0. The van der Waals surface area contributed by atoms with Gasteiger partial charge in [0.1, 0.15) is 5.67 Å². The highest BCUT2D eigenvalue weighted by atomic mass is 19.1. The van der Waals surface area contributed by atoms with Gasteiger partial charge in [-0.3, -0.25) is 0 Å². The van der Waals surface area contributed by atoms with Gasteiger partial charge < -0.3 is 0 Å². The summed E-state index contributed by atoms with van der Waals surface area (Å²) in [6.07, 6.45) is 3.40. The van der Waals surface area contributed by atoms with Crippen molar-refractivity contribution in [3.8, 4) is 11.1 Å². The maximum absolute atomic E-state index is 13.4. The standard InChI is InChI=1S/C18H19F/c1-14-6-4-5-7-17(14)16-10-8-15(9-11-16)12-13-18(2,3)19/h4-13H,1-3H3/b13-12+. The second-order valence-electron chi connectivity index (χ2n) is 5.33. The first kappa shape index (κ1) is 13.5. The fraction of sp³-hybridized carbons (Fsp3) is 0.222. The molecule has 0 atom stereocenters. The first-order chi connectivity index (χ1) is 8.96. The lowest BCUT2D eigenvalue weighted by Crippen LogP contribution is -2.05. The molecule has 0 saturated heterocycles. The minimum Gasteiger partial charge on any atom is -0.240 e. The van der Waals surface area contributed by atoms with E-state index in [1.165, 1.54) is 16.7 Å². The zero-order valence-electron chi connectivity index (χ0n) is 11.7. The smallest absolute Gasteiger partial charge is 0.123 e. The van der Waals surface area contributed by atoms with Crippen LogP contribution in [-0.2, 0) is 0 Å². The van der Waals surface area contributed by atoms with Crippen LogP contribution in [0.1, 0.15) is 25.0 Å². The molecule has 0 aliphatic rings. The average Bonchev–Trinajstić information content (AvgIpc) is 2.37. The Bertz CT molecular complexity index is 571. The fourth-order valence-corrected chi connectivity index (χ4v) is 1.96. The SMILES string of the molecule is Cc1ccccc1-c1ccc(/C=C/C(C)(C)F)cc1. The molecule has 0 aromatic heterocycles. The van der Waals surface area contributed by atoms with Gasteiger partial charge in [0.25, 0.3) is 0 Å². The van der Waals surface area contributed by atoms with E-state index in [1.54, 1.807) is 19.9 Å². The molecule has 0 N–H and O–H groups in total. The summed E-state index contributed by atoms with van der Waals surface area (Å²) in [5.74, 6) is 0. The van der Waals surface area contributed by atoms with Crippen LogP contribution in [0.4, 0.5) is 4.39 Å². The van der Waals surface area contributed by atoms with Gasteiger partial charge >= 0.3 is 0 Å². The van der Waals surface area contributed by atoms with Gasteiger partial charge in [0.15, 0.2) is 0 Å². The Balaban J connectivity index is 2.25. The second kappa shape index (κ2) is 5.40. The summed E-state index contributed by atoms with van der Waals surface area (Å²) < 4.78 is 13.4. The molecule has 1 heteroatoms. The van der Waals surface area contributed by atoms with E-state index in [1.807, 2.05) is 30.3 Å². The van der Waals surface area contributed by atoms with E-state index in [4.69, 9.17) is 0 Å². The quantitative estimate of drug-likeness (QED) is 0.685. The maximum Gasteiger partial charge on any atom is 0.123 e. The molecule has 2 aromatic carbocycles. The lowest BCUT2D eigenvalue weighted by molar-refractivity contribution is 0.288. The van der Waals surface area contributed by atoms with Crippen LogP contribution in [-0.4, -0.2) is 5.67 Å². The number of aryl methyl sites for hydroxylation is 1. The van der Waals surface area contributed by atoms with E-state index >= 15 is 0 Å². The van der Waals surface area contributed by atoms with Crippen molar-refractivity contribution >= 4 is 6.08 Å². The van der Waals surface area contributed by atoms with E-state index in [9.17, 15) is 4.39 Å². The molecule has 0 heterocycles.